The first kappa shape index (κ1) is 11.9. The lowest BCUT2D eigenvalue weighted by molar-refractivity contribution is 0.538. The first-order valence-electron chi connectivity index (χ1n) is 5.80. The molecule has 1 fully saturated rings. The maximum atomic E-state index is 12.0. The molecule has 0 aromatic carbocycles. The summed E-state index contributed by atoms with van der Waals surface area (Å²) in [5.41, 5.74) is 0.509. The largest absolute Gasteiger partial charge is 0.228 e. The van der Waals surface area contributed by atoms with E-state index in [1.807, 2.05) is 0 Å². The molecule has 18 heavy (non-hydrogen) atoms. The molecule has 0 saturated carbocycles. The van der Waals surface area contributed by atoms with E-state index >= 15 is 0 Å². The summed E-state index contributed by atoms with van der Waals surface area (Å²) in [7, 11) is -3.12. The van der Waals surface area contributed by atoms with E-state index in [9.17, 15) is 8.42 Å². The summed E-state index contributed by atoms with van der Waals surface area (Å²) < 4.78 is 25.6. The maximum Gasteiger partial charge on any atom is 0.174 e. The van der Waals surface area contributed by atoms with Crippen LogP contribution in [0.1, 0.15) is 30.3 Å². The molecule has 1 aliphatic rings. The SMILES string of the molecule is O=S1(=O)CCCCC1c1nc2c(Cl)cccn2n1. The molecule has 0 radical (unpaired) electrons. The van der Waals surface area contributed by atoms with E-state index in [0.29, 0.717) is 22.9 Å². The van der Waals surface area contributed by atoms with Crippen molar-refractivity contribution in [3.63, 3.8) is 0 Å². The maximum absolute atomic E-state index is 12.0. The van der Waals surface area contributed by atoms with Gasteiger partial charge in [-0.2, -0.15) is 0 Å². The van der Waals surface area contributed by atoms with Crippen LogP contribution in [0.3, 0.4) is 0 Å². The number of pyridine rings is 1. The van der Waals surface area contributed by atoms with Crippen molar-refractivity contribution >= 4 is 27.1 Å². The van der Waals surface area contributed by atoms with Crippen molar-refractivity contribution in [3.8, 4) is 0 Å². The topological polar surface area (TPSA) is 64.3 Å². The quantitative estimate of drug-likeness (QED) is 0.804. The summed E-state index contributed by atoms with van der Waals surface area (Å²) in [6.45, 7) is 0. The van der Waals surface area contributed by atoms with Crippen molar-refractivity contribution in [3.05, 3.63) is 29.2 Å². The zero-order valence-electron chi connectivity index (χ0n) is 9.58. The first-order valence-corrected chi connectivity index (χ1v) is 7.89. The molecule has 0 spiro atoms. The average molecular weight is 286 g/mol. The number of fused-ring (bicyclic) bond motifs is 1. The molecule has 1 saturated heterocycles. The van der Waals surface area contributed by atoms with Crippen molar-refractivity contribution < 1.29 is 8.42 Å². The standard InChI is InChI=1S/C11H12ClN3O2S/c12-8-4-3-6-15-11(8)13-10(14-15)9-5-1-2-7-18(9,16)17/h3-4,6,9H,1-2,5,7H2. The molecule has 96 valence electrons. The lowest BCUT2D eigenvalue weighted by Gasteiger charge is -2.19. The minimum absolute atomic E-state index is 0.223. The molecule has 0 amide bonds. The summed E-state index contributed by atoms with van der Waals surface area (Å²) in [4.78, 5) is 4.27. The van der Waals surface area contributed by atoms with Gasteiger partial charge in [0, 0.05) is 6.20 Å². The van der Waals surface area contributed by atoms with E-state index in [1.165, 1.54) is 4.52 Å². The normalized spacial score (nSPS) is 23.3. The highest BCUT2D eigenvalue weighted by Gasteiger charge is 2.33. The van der Waals surface area contributed by atoms with Crippen LogP contribution in [0.2, 0.25) is 5.02 Å². The fourth-order valence-corrected chi connectivity index (χ4v) is 4.31. The molecule has 1 aliphatic heterocycles. The average Bonchev–Trinajstić information content (AvgIpc) is 2.73. The zero-order chi connectivity index (χ0) is 12.8. The van der Waals surface area contributed by atoms with E-state index in [-0.39, 0.29) is 5.75 Å². The monoisotopic (exact) mass is 285 g/mol. The van der Waals surface area contributed by atoms with Gasteiger partial charge in [0.1, 0.15) is 5.25 Å². The number of rotatable bonds is 1. The second-order valence-electron chi connectivity index (χ2n) is 4.45. The smallest absolute Gasteiger partial charge is 0.174 e. The van der Waals surface area contributed by atoms with Gasteiger partial charge in [-0.05, 0) is 25.0 Å². The third kappa shape index (κ3) is 1.89. The fourth-order valence-electron chi connectivity index (χ4n) is 2.27. The van der Waals surface area contributed by atoms with E-state index in [0.717, 1.165) is 12.8 Å². The highest BCUT2D eigenvalue weighted by atomic mass is 35.5. The Morgan fingerprint density at radius 2 is 2.22 bits per heavy atom. The summed E-state index contributed by atoms with van der Waals surface area (Å²) >= 11 is 6.01. The minimum atomic E-state index is -3.12. The van der Waals surface area contributed by atoms with Crippen LogP contribution < -0.4 is 0 Å². The van der Waals surface area contributed by atoms with Crippen molar-refractivity contribution in [2.45, 2.75) is 24.5 Å². The fraction of sp³-hybridized carbons (Fsp3) is 0.455. The lowest BCUT2D eigenvalue weighted by atomic mass is 10.2. The molecule has 3 heterocycles. The van der Waals surface area contributed by atoms with Crippen molar-refractivity contribution in [2.24, 2.45) is 0 Å². The van der Waals surface area contributed by atoms with Gasteiger partial charge in [-0.25, -0.2) is 17.9 Å². The summed E-state index contributed by atoms with van der Waals surface area (Å²) in [6.07, 6.45) is 3.93. The molecular weight excluding hydrogens is 274 g/mol. The second kappa shape index (κ2) is 4.20. The van der Waals surface area contributed by atoms with Gasteiger partial charge < -0.3 is 0 Å². The van der Waals surface area contributed by atoms with Gasteiger partial charge in [0.2, 0.25) is 0 Å². The molecule has 0 bridgehead atoms. The van der Waals surface area contributed by atoms with Gasteiger partial charge in [0.25, 0.3) is 0 Å². The zero-order valence-corrected chi connectivity index (χ0v) is 11.2. The molecule has 7 heteroatoms. The molecule has 0 N–H and O–H groups in total. The van der Waals surface area contributed by atoms with Crippen LogP contribution in [0.25, 0.3) is 5.65 Å². The van der Waals surface area contributed by atoms with Gasteiger partial charge in [0.05, 0.1) is 10.8 Å². The molecule has 1 atom stereocenters. The number of nitrogens with zero attached hydrogens (tertiary/aromatic N) is 3. The third-order valence-electron chi connectivity index (χ3n) is 3.20. The minimum Gasteiger partial charge on any atom is -0.228 e. The molecule has 2 aromatic heterocycles. The van der Waals surface area contributed by atoms with E-state index in [4.69, 9.17) is 11.6 Å². The molecule has 2 aromatic rings. The van der Waals surface area contributed by atoms with Gasteiger partial charge in [-0.15, -0.1) is 5.10 Å². The van der Waals surface area contributed by atoms with Gasteiger partial charge in [-0.3, -0.25) is 0 Å². The summed E-state index contributed by atoms with van der Waals surface area (Å²) in [6, 6.07) is 3.47. The Balaban J connectivity index is 2.12. The second-order valence-corrected chi connectivity index (χ2v) is 7.16. The van der Waals surface area contributed by atoms with Crippen LogP contribution in [0.4, 0.5) is 0 Å². The molecular formula is C11H12ClN3O2S. The van der Waals surface area contributed by atoms with Crippen LogP contribution in [0.15, 0.2) is 18.3 Å². The van der Waals surface area contributed by atoms with E-state index in [1.54, 1.807) is 18.3 Å². The predicted octanol–water partition coefficient (Wildman–Crippen LogP) is 2.02. The number of hydrogen-bond donors (Lipinski definition) is 0. The van der Waals surface area contributed by atoms with E-state index in [2.05, 4.69) is 10.1 Å². The van der Waals surface area contributed by atoms with Crippen molar-refractivity contribution in [2.75, 3.05) is 5.75 Å². The highest BCUT2D eigenvalue weighted by molar-refractivity contribution is 7.91. The summed E-state index contributed by atoms with van der Waals surface area (Å²) in [5, 5.41) is 4.13. The number of sulfone groups is 1. The van der Waals surface area contributed by atoms with Gasteiger partial charge >= 0.3 is 0 Å². The van der Waals surface area contributed by atoms with Crippen molar-refractivity contribution in [1.29, 1.82) is 0 Å². The Morgan fingerprint density at radius 3 is 2.94 bits per heavy atom. The van der Waals surface area contributed by atoms with Gasteiger partial charge in [-0.1, -0.05) is 18.0 Å². The Labute approximate surface area is 110 Å². The number of halogens is 1. The molecule has 1 unspecified atom stereocenters. The third-order valence-corrected chi connectivity index (χ3v) is 5.66. The molecule has 3 rings (SSSR count). The van der Waals surface area contributed by atoms with Crippen LogP contribution in [0.5, 0.6) is 0 Å². The Kier molecular flexibility index (Phi) is 2.79. The van der Waals surface area contributed by atoms with Crippen molar-refractivity contribution in [1.82, 2.24) is 14.6 Å². The first-order chi connectivity index (χ1) is 8.58. The van der Waals surface area contributed by atoms with E-state index < -0.39 is 15.1 Å². The molecule has 5 nitrogen and oxygen atoms in total. The molecule has 0 aliphatic carbocycles. The highest BCUT2D eigenvalue weighted by Crippen LogP contribution is 2.32. The number of aromatic nitrogens is 3. The Morgan fingerprint density at radius 1 is 1.39 bits per heavy atom. The van der Waals surface area contributed by atoms with Crippen LogP contribution in [0, 0.1) is 0 Å². The lowest BCUT2D eigenvalue weighted by Crippen LogP contribution is -2.22. The number of hydrogen-bond acceptors (Lipinski definition) is 4. The Hall–Kier alpha value is -1.14. The van der Waals surface area contributed by atoms with Crippen LogP contribution in [-0.2, 0) is 9.84 Å². The Bertz CT molecular complexity index is 695. The summed E-state index contributed by atoms with van der Waals surface area (Å²) in [5.74, 6) is 0.587. The van der Waals surface area contributed by atoms with Crippen LogP contribution >= 0.6 is 11.6 Å². The van der Waals surface area contributed by atoms with Crippen LogP contribution in [-0.4, -0.2) is 28.8 Å². The predicted molar refractivity (Wildman–Crippen MR) is 68.4 cm³/mol. The van der Waals surface area contributed by atoms with Gasteiger partial charge in [0.15, 0.2) is 21.3 Å².